The van der Waals surface area contributed by atoms with Crippen LogP contribution in [0.3, 0.4) is 0 Å². The Bertz CT molecular complexity index is 1150. The van der Waals surface area contributed by atoms with Gasteiger partial charge in [0.2, 0.25) is 8.41 Å². The number of benzene rings is 1. The van der Waals surface area contributed by atoms with Crippen LogP contribution < -0.4 is 10.2 Å². The number of fused-ring (bicyclic) bond motifs is 2. The van der Waals surface area contributed by atoms with E-state index in [4.69, 9.17) is 14.6 Å². The number of aliphatic hydroxyl groups excluding tert-OH is 1. The maximum atomic E-state index is 15.7. The van der Waals surface area contributed by atoms with E-state index in [9.17, 15) is 9.59 Å². The van der Waals surface area contributed by atoms with E-state index >= 15 is 4.11 Å². The van der Waals surface area contributed by atoms with Gasteiger partial charge in [-0.15, -0.1) is 5.10 Å². The average Bonchev–Trinajstić information content (AvgIpc) is 3.54. The van der Waals surface area contributed by atoms with Gasteiger partial charge in [0.1, 0.15) is 6.61 Å². The fourth-order valence-electron chi connectivity index (χ4n) is 5.86. The summed E-state index contributed by atoms with van der Waals surface area (Å²) in [6.07, 6.45) is 1.70. The minimum Gasteiger partial charge on any atom is -0.447 e. The van der Waals surface area contributed by atoms with Gasteiger partial charge in [-0.2, -0.15) is 0 Å². The highest BCUT2D eigenvalue weighted by Crippen LogP contribution is 2.59. The fourth-order valence-corrected chi connectivity index (χ4v) is 8.40. The molecule has 35 heavy (non-hydrogen) atoms. The molecule has 3 aliphatic heterocycles. The number of nitrogens with one attached hydrogen (secondary N) is 1. The first-order valence-corrected chi connectivity index (χ1v) is 14.9. The van der Waals surface area contributed by atoms with Gasteiger partial charge in [0.25, 0.3) is 5.91 Å². The highest BCUT2D eigenvalue weighted by atomic mass is 28.4. The maximum absolute atomic E-state index is 15.7. The molecule has 2 N–H and O–H groups in total. The molecule has 1 aromatic carbocycles. The van der Waals surface area contributed by atoms with Crippen molar-refractivity contribution in [1.29, 1.82) is 0 Å². The van der Waals surface area contributed by atoms with Gasteiger partial charge in [0.05, 0.1) is 18.3 Å². The number of halogens is 1. The molecule has 0 radical (unpaired) electrons. The molecule has 3 aliphatic rings. The van der Waals surface area contributed by atoms with Gasteiger partial charge in [-0.25, -0.2) is 4.79 Å². The highest BCUT2D eigenvalue weighted by molar-refractivity contribution is 6.72. The van der Waals surface area contributed by atoms with Crippen molar-refractivity contribution >= 4 is 31.8 Å². The second kappa shape index (κ2) is 8.68. The van der Waals surface area contributed by atoms with E-state index < -0.39 is 37.7 Å². The predicted molar refractivity (Wildman–Crippen MR) is 127 cm³/mol. The number of carbonyl (C=O) groups is 2. The van der Waals surface area contributed by atoms with Crippen molar-refractivity contribution in [2.45, 2.75) is 56.7 Å². The topological polar surface area (TPSA) is 119 Å². The lowest BCUT2D eigenvalue weighted by Crippen LogP contribution is -2.42. The summed E-state index contributed by atoms with van der Waals surface area (Å²) < 4.78 is 29.0. The van der Waals surface area contributed by atoms with E-state index in [1.807, 2.05) is 6.92 Å². The number of amides is 2. The first kappa shape index (κ1) is 23.9. The number of aliphatic hydroxyl groups is 1. The van der Waals surface area contributed by atoms with Crippen molar-refractivity contribution in [3.63, 3.8) is 0 Å². The zero-order valence-corrected chi connectivity index (χ0v) is 21.0. The van der Waals surface area contributed by atoms with E-state index in [-0.39, 0.29) is 12.5 Å². The Labute approximate surface area is 203 Å². The summed E-state index contributed by atoms with van der Waals surface area (Å²) in [4.78, 5) is 27.1. The molecule has 1 aromatic heterocycles. The maximum Gasteiger partial charge on any atom is 0.414 e. The zero-order chi connectivity index (χ0) is 25.0. The van der Waals surface area contributed by atoms with Crippen molar-refractivity contribution < 1.29 is 28.3 Å². The molecule has 2 saturated heterocycles. The zero-order valence-electron chi connectivity index (χ0n) is 20.0. The second-order valence-electron chi connectivity index (χ2n) is 9.96. The number of anilines is 2. The standard InChI is InChI=1S/C23H30FN5O5Si/c1-14-20(35(2,3)24)19(6-8-28-13-15(7-10-30)26-27-28)34-23(14)17-12-16(29-9-11-33-22(29)32)4-5-18(17)25-21(23)31/h4-5,12-14,19-20,30H,6-11H2,1-3H3,(H,25,31)/t14-,19+,20-,23+/m1/s1. The van der Waals surface area contributed by atoms with Crippen LogP contribution in [0, 0.1) is 5.92 Å². The summed E-state index contributed by atoms with van der Waals surface area (Å²) in [5, 5.41) is 20.2. The van der Waals surface area contributed by atoms with Crippen LogP contribution in [0.15, 0.2) is 24.4 Å². The minimum atomic E-state index is -3.26. The van der Waals surface area contributed by atoms with Gasteiger partial charge >= 0.3 is 6.09 Å². The predicted octanol–water partition coefficient (Wildman–Crippen LogP) is 2.59. The Morgan fingerprint density at radius 3 is 2.83 bits per heavy atom. The summed E-state index contributed by atoms with van der Waals surface area (Å²) in [7, 11) is -3.26. The van der Waals surface area contributed by atoms with Crippen molar-refractivity contribution in [1.82, 2.24) is 15.0 Å². The number of cyclic esters (lactones) is 1. The van der Waals surface area contributed by atoms with Gasteiger partial charge in [0, 0.05) is 54.2 Å². The van der Waals surface area contributed by atoms with Crippen LogP contribution in [0.25, 0.3) is 0 Å². The van der Waals surface area contributed by atoms with Gasteiger partial charge < -0.3 is 24.0 Å². The highest BCUT2D eigenvalue weighted by Gasteiger charge is 2.65. The van der Waals surface area contributed by atoms with E-state index in [1.54, 1.807) is 42.2 Å². The number of hydrogen-bond donors (Lipinski definition) is 2. The fraction of sp³-hybridized carbons (Fsp3) is 0.565. The number of aryl methyl sites for hydroxylation is 1. The molecule has 2 aromatic rings. The molecule has 4 heterocycles. The molecule has 0 bridgehead atoms. The third-order valence-corrected chi connectivity index (χ3v) is 9.83. The smallest absolute Gasteiger partial charge is 0.414 e. The largest absolute Gasteiger partial charge is 0.447 e. The summed E-state index contributed by atoms with van der Waals surface area (Å²) in [6, 6.07) is 5.32. The van der Waals surface area contributed by atoms with E-state index in [2.05, 4.69) is 15.6 Å². The van der Waals surface area contributed by atoms with Crippen molar-refractivity contribution in [2.24, 2.45) is 5.92 Å². The van der Waals surface area contributed by atoms with E-state index in [0.717, 1.165) is 0 Å². The molecule has 2 amide bonds. The van der Waals surface area contributed by atoms with Crippen molar-refractivity contribution in [3.8, 4) is 0 Å². The first-order valence-electron chi connectivity index (χ1n) is 11.9. The minimum absolute atomic E-state index is 0.0140. The molecule has 0 unspecified atom stereocenters. The SMILES string of the molecule is C[C@@H]1[C@@H]([Si](C)(C)F)[C@H](CCn2cc(CCO)nn2)O[C@@]12C(=O)Nc1ccc(N3CCOC3=O)cc12. The lowest BCUT2D eigenvalue weighted by atomic mass is 9.82. The lowest BCUT2D eigenvalue weighted by molar-refractivity contribution is -0.143. The number of rotatable bonds is 7. The lowest BCUT2D eigenvalue weighted by Gasteiger charge is -2.30. The average molecular weight is 504 g/mol. The molecule has 5 rings (SSSR count). The Morgan fingerprint density at radius 2 is 2.14 bits per heavy atom. The summed E-state index contributed by atoms with van der Waals surface area (Å²) >= 11 is 0. The molecular formula is C23H30FN5O5Si. The molecule has 2 fully saturated rings. The number of carbonyl (C=O) groups excluding carboxylic acids is 2. The molecule has 188 valence electrons. The first-order chi connectivity index (χ1) is 16.6. The van der Waals surface area contributed by atoms with Gasteiger partial charge in [-0.1, -0.05) is 12.1 Å². The van der Waals surface area contributed by atoms with Crippen LogP contribution in [0.1, 0.15) is 24.6 Å². The van der Waals surface area contributed by atoms with Crippen LogP contribution in [0.2, 0.25) is 18.6 Å². The Hall–Kier alpha value is -2.83. The summed E-state index contributed by atoms with van der Waals surface area (Å²) in [6.45, 7) is 6.36. The molecular weight excluding hydrogens is 473 g/mol. The Balaban J connectivity index is 1.47. The molecule has 12 heteroatoms. The Kier molecular flexibility index (Phi) is 5.92. The number of ether oxygens (including phenoxy) is 2. The van der Waals surface area contributed by atoms with E-state index in [1.165, 1.54) is 4.90 Å². The molecule has 0 aliphatic carbocycles. The third kappa shape index (κ3) is 3.93. The molecule has 1 spiro atoms. The van der Waals surface area contributed by atoms with Crippen molar-refractivity contribution in [3.05, 3.63) is 35.7 Å². The van der Waals surface area contributed by atoms with E-state index in [0.29, 0.717) is 55.2 Å². The van der Waals surface area contributed by atoms with Crippen LogP contribution in [0.5, 0.6) is 0 Å². The monoisotopic (exact) mass is 503 g/mol. The Morgan fingerprint density at radius 1 is 1.34 bits per heavy atom. The number of nitrogens with zero attached hydrogens (tertiary/aromatic N) is 4. The van der Waals surface area contributed by atoms with Crippen molar-refractivity contribution in [2.75, 3.05) is 30.0 Å². The third-order valence-electron chi connectivity index (χ3n) is 7.37. The van der Waals surface area contributed by atoms with Gasteiger partial charge in [-0.05, 0) is 37.7 Å². The number of aromatic nitrogens is 3. The van der Waals surface area contributed by atoms with Crippen LogP contribution in [-0.4, -0.2) is 66.4 Å². The quantitative estimate of drug-likeness (QED) is 0.440. The molecule has 4 atom stereocenters. The molecule has 0 saturated carbocycles. The van der Waals surface area contributed by atoms with Crippen LogP contribution in [-0.2, 0) is 32.8 Å². The van der Waals surface area contributed by atoms with Gasteiger partial charge in [-0.3, -0.25) is 14.4 Å². The number of hydrogen-bond acceptors (Lipinski definition) is 7. The van der Waals surface area contributed by atoms with Crippen LogP contribution >= 0.6 is 0 Å². The second-order valence-corrected chi connectivity index (χ2v) is 13.8. The summed E-state index contributed by atoms with van der Waals surface area (Å²) in [5.74, 6) is -0.722. The normalized spacial score (nSPS) is 28.0. The molecule has 10 nitrogen and oxygen atoms in total. The van der Waals surface area contributed by atoms with Gasteiger partial charge in [0.15, 0.2) is 5.60 Å². The summed E-state index contributed by atoms with van der Waals surface area (Å²) in [5.41, 5.74) is 0.766. The van der Waals surface area contributed by atoms with Crippen LogP contribution in [0.4, 0.5) is 20.3 Å².